The minimum absolute atomic E-state index is 0.100. The van der Waals surface area contributed by atoms with E-state index in [1.165, 1.54) is 17.8 Å². The van der Waals surface area contributed by atoms with Gasteiger partial charge in [-0.3, -0.25) is 9.59 Å². The normalized spacial score (nSPS) is 10.8. The fraction of sp³-hybridized carbons (Fsp3) is 0.136. The first-order chi connectivity index (χ1) is 14.6. The average molecular weight is 421 g/mol. The first kappa shape index (κ1) is 19.8. The number of aromatic nitrogens is 2. The van der Waals surface area contributed by atoms with Gasteiger partial charge in [-0.2, -0.15) is 0 Å². The molecule has 2 aromatic carbocycles. The zero-order valence-electron chi connectivity index (χ0n) is 16.2. The van der Waals surface area contributed by atoms with Crippen LogP contribution in [0.1, 0.15) is 11.5 Å². The molecule has 4 rings (SSSR count). The van der Waals surface area contributed by atoms with Gasteiger partial charge in [0, 0.05) is 28.8 Å². The van der Waals surface area contributed by atoms with Crippen molar-refractivity contribution in [2.24, 2.45) is 0 Å². The largest absolute Gasteiger partial charge is 0.487 e. The van der Waals surface area contributed by atoms with Gasteiger partial charge in [-0.05, 0) is 31.2 Å². The van der Waals surface area contributed by atoms with Gasteiger partial charge in [0.1, 0.15) is 18.1 Å². The van der Waals surface area contributed by atoms with Crippen LogP contribution >= 0.6 is 11.8 Å². The molecule has 8 heteroatoms. The maximum absolute atomic E-state index is 12.2. The van der Waals surface area contributed by atoms with Crippen molar-refractivity contribution < 1.29 is 14.1 Å². The highest BCUT2D eigenvalue weighted by Crippen LogP contribution is 2.20. The topological polar surface area (TPSA) is 85.8 Å². The first-order valence-corrected chi connectivity index (χ1v) is 10.3. The van der Waals surface area contributed by atoms with Crippen molar-refractivity contribution in [2.45, 2.75) is 18.4 Å². The summed E-state index contributed by atoms with van der Waals surface area (Å²) in [5.74, 6) is 1.38. The Morgan fingerprint density at radius 3 is 2.80 bits per heavy atom. The molecule has 1 N–H and O–H groups in total. The van der Waals surface area contributed by atoms with Gasteiger partial charge < -0.3 is 14.6 Å². The quantitative estimate of drug-likeness (QED) is 0.456. The molecule has 0 aliphatic carbocycles. The Morgan fingerprint density at radius 2 is 1.97 bits per heavy atom. The summed E-state index contributed by atoms with van der Waals surface area (Å²) in [7, 11) is 0. The number of anilines is 1. The lowest BCUT2D eigenvalue weighted by molar-refractivity contribution is -0.113. The summed E-state index contributed by atoms with van der Waals surface area (Å²) in [5, 5.41) is 2.87. The Balaban J connectivity index is 1.36. The minimum atomic E-state index is -0.302. The number of carbonyl (C=O) groups excluding carboxylic acids is 1. The van der Waals surface area contributed by atoms with Crippen molar-refractivity contribution in [3.63, 3.8) is 0 Å². The van der Waals surface area contributed by atoms with E-state index in [-0.39, 0.29) is 18.1 Å². The van der Waals surface area contributed by atoms with E-state index < -0.39 is 0 Å². The summed E-state index contributed by atoms with van der Waals surface area (Å²) < 4.78 is 12.2. The fourth-order valence-electron chi connectivity index (χ4n) is 2.83. The van der Waals surface area contributed by atoms with Crippen LogP contribution in [-0.2, 0) is 11.4 Å². The third kappa shape index (κ3) is 4.90. The van der Waals surface area contributed by atoms with Gasteiger partial charge in [0.05, 0.1) is 11.4 Å². The Labute approximate surface area is 176 Å². The van der Waals surface area contributed by atoms with Gasteiger partial charge in [0.2, 0.25) is 5.91 Å². The Bertz CT molecular complexity index is 1230. The highest BCUT2D eigenvalue weighted by atomic mass is 32.2. The number of carbonyl (C=O) groups is 1. The third-order valence-electron chi connectivity index (χ3n) is 4.14. The minimum Gasteiger partial charge on any atom is -0.487 e. The molecule has 2 aromatic heterocycles. The fourth-order valence-corrected chi connectivity index (χ4v) is 3.55. The molecule has 0 aliphatic heterocycles. The number of amides is 1. The molecule has 0 fully saturated rings. The molecule has 4 aromatic rings. The summed E-state index contributed by atoms with van der Waals surface area (Å²) in [5.41, 5.74) is 1.27. The maximum atomic E-state index is 12.2. The molecule has 30 heavy (non-hydrogen) atoms. The summed E-state index contributed by atoms with van der Waals surface area (Å²) in [6.07, 6.45) is 0. The molecule has 152 valence electrons. The number of hydrogen-bond donors (Lipinski definition) is 1. The highest BCUT2D eigenvalue weighted by Gasteiger charge is 2.08. The van der Waals surface area contributed by atoms with Crippen molar-refractivity contribution in [1.29, 1.82) is 0 Å². The van der Waals surface area contributed by atoms with Crippen LogP contribution in [-0.4, -0.2) is 21.2 Å². The van der Waals surface area contributed by atoms with E-state index in [1.807, 2.05) is 30.3 Å². The van der Waals surface area contributed by atoms with Crippen LogP contribution in [0, 0.1) is 6.92 Å². The van der Waals surface area contributed by atoms with Crippen molar-refractivity contribution in [1.82, 2.24) is 9.56 Å². The third-order valence-corrected chi connectivity index (χ3v) is 5.15. The molecule has 0 saturated carbocycles. The standard InChI is InChI=1S/C22H19N3O4S/c1-15-10-20-23-17(12-22(27)25(20)29-15)13-28-18-7-5-6-16(11-18)24-21(26)14-30-19-8-3-2-4-9-19/h2-12H,13-14H2,1H3,(H,24,26). The Morgan fingerprint density at radius 1 is 1.13 bits per heavy atom. The SMILES string of the molecule is Cc1cc2nc(COc3cccc(NC(=O)CSc4ccccc4)c3)cc(=O)n2o1. The molecule has 0 atom stereocenters. The Kier molecular flexibility index (Phi) is 5.85. The van der Waals surface area contributed by atoms with Gasteiger partial charge in [0.15, 0.2) is 5.65 Å². The molecular formula is C22H19N3O4S. The second-order valence-electron chi connectivity index (χ2n) is 6.55. The molecular weight excluding hydrogens is 402 g/mol. The lowest BCUT2D eigenvalue weighted by atomic mass is 10.3. The van der Waals surface area contributed by atoms with E-state index in [1.54, 1.807) is 37.3 Å². The second-order valence-corrected chi connectivity index (χ2v) is 7.60. The van der Waals surface area contributed by atoms with Crippen LogP contribution in [0.5, 0.6) is 5.75 Å². The maximum Gasteiger partial charge on any atom is 0.287 e. The predicted molar refractivity (Wildman–Crippen MR) is 115 cm³/mol. The van der Waals surface area contributed by atoms with Gasteiger partial charge in [-0.15, -0.1) is 16.3 Å². The van der Waals surface area contributed by atoms with Crippen LogP contribution in [0.2, 0.25) is 0 Å². The van der Waals surface area contributed by atoms with Crippen LogP contribution in [0.4, 0.5) is 5.69 Å². The molecule has 1 amide bonds. The van der Waals surface area contributed by atoms with Gasteiger partial charge in [-0.25, -0.2) is 4.98 Å². The summed E-state index contributed by atoms with van der Waals surface area (Å²) in [4.78, 5) is 29.7. The lowest BCUT2D eigenvalue weighted by Gasteiger charge is -2.09. The number of thioether (sulfide) groups is 1. The second kappa shape index (κ2) is 8.87. The molecule has 0 spiro atoms. The predicted octanol–water partition coefficient (Wildman–Crippen LogP) is 3.91. The number of benzene rings is 2. The zero-order valence-corrected chi connectivity index (χ0v) is 17.0. The van der Waals surface area contributed by atoms with Crippen LogP contribution < -0.4 is 15.6 Å². The Hall–Kier alpha value is -3.52. The number of nitrogens with zero attached hydrogens (tertiary/aromatic N) is 2. The highest BCUT2D eigenvalue weighted by molar-refractivity contribution is 8.00. The smallest absolute Gasteiger partial charge is 0.287 e. The summed E-state index contributed by atoms with van der Waals surface area (Å²) in [6, 6.07) is 19.9. The van der Waals surface area contributed by atoms with E-state index in [2.05, 4.69) is 10.3 Å². The van der Waals surface area contributed by atoms with Crippen LogP contribution in [0.25, 0.3) is 5.65 Å². The van der Waals surface area contributed by atoms with Crippen LogP contribution in [0.3, 0.4) is 0 Å². The van der Waals surface area contributed by atoms with E-state index in [9.17, 15) is 9.59 Å². The molecule has 0 bridgehead atoms. The monoisotopic (exact) mass is 421 g/mol. The molecule has 0 radical (unpaired) electrons. The molecule has 0 aliphatic rings. The number of ether oxygens (including phenoxy) is 1. The molecule has 2 heterocycles. The van der Waals surface area contributed by atoms with E-state index in [4.69, 9.17) is 9.26 Å². The van der Waals surface area contributed by atoms with Crippen LogP contribution in [0.15, 0.2) is 80.9 Å². The number of aryl methyl sites for hydroxylation is 1. The molecule has 7 nitrogen and oxygen atoms in total. The zero-order chi connectivity index (χ0) is 20.9. The van der Waals surface area contributed by atoms with Gasteiger partial charge in [-0.1, -0.05) is 24.3 Å². The molecule has 0 unspecified atom stereocenters. The van der Waals surface area contributed by atoms with E-state index in [0.717, 1.165) is 9.47 Å². The van der Waals surface area contributed by atoms with Crippen molar-refractivity contribution in [2.75, 3.05) is 11.1 Å². The molecule has 0 saturated heterocycles. The first-order valence-electron chi connectivity index (χ1n) is 9.27. The summed E-state index contributed by atoms with van der Waals surface area (Å²) >= 11 is 1.47. The van der Waals surface area contributed by atoms with Crippen molar-refractivity contribution in [3.05, 3.63) is 88.5 Å². The summed E-state index contributed by atoms with van der Waals surface area (Å²) in [6.45, 7) is 1.87. The average Bonchev–Trinajstić information content (AvgIpc) is 3.13. The number of rotatable bonds is 7. The number of hydrogen-bond acceptors (Lipinski definition) is 6. The number of fused-ring (bicyclic) bond motifs is 1. The lowest BCUT2D eigenvalue weighted by Crippen LogP contribution is -2.15. The number of nitrogens with one attached hydrogen (secondary N) is 1. The van der Waals surface area contributed by atoms with Gasteiger partial charge >= 0.3 is 0 Å². The van der Waals surface area contributed by atoms with E-state index >= 15 is 0 Å². The van der Waals surface area contributed by atoms with Crippen molar-refractivity contribution in [3.8, 4) is 5.75 Å². The van der Waals surface area contributed by atoms with E-state index in [0.29, 0.717) is 34.3 Å². The van der Waals surface area contributed by atoms with Gasteiger partial charge in [0.25, 0.3) is 5.56 Å². The van der Waals surface area contributed by atoms with Crippen molar-refractivity contribution >= 4 is 29.0 Å².